The van der Waals surface area contributed by atoms with Crippen LogP contribution >= 0.6 is 11.3 Å². The number of alkyl halides is 3. The van der Waals surface area contributed by atoms with E-state index in [1.807, 2.05) is 5.38 Å². The van der Waals surface area contributed by atoms with E-state index in [4.69, 9.17) is 4.74 Å². The highest BCUT2D eigenvalue weighted by Crippen LogP contribution is 2.24. The molecule has 0 amide bonds. The number of hydrogen-bond acceptors (Lipinski definition) is 3. The van der Waals surface area contributed by atoms with Gasteiger partial charge in [-0.25, -0.2) is 0 Å². The maximum absolute atomic E-state index is 12.1. The molecule has 6 heteroatoms. The molecule has 1 heterocycles. The van der Waals surface area contributed by atoms with E-state index >= 15 is 0 Å². The molecule has 1 aliphatic rings. The number of halogens is 3. The third-order valence-corrected chi connectivity index (χ3v) is 4.02. The van der Waals surface area contributed by atoms with Gasteiger partial charge in [0.1, 0.15) is 6.61 Å². The predicted molar refractivity (Wildman–Crippen MR) is 69.2 cm³/mol. The van der Waals surface area contributed by atoms with Crippen LogP contribution in [0.3, 0.4) is 0 Å². The quantitative estimate of drug-likeness (QED) is 0.893. The monoisotopic (exact) mass is 293 g/mol. The molecule has 0 saturated heterocycles. The zero-order valence-electron chi connectivity index (χ0n) is 10.6. The van der Waals surface area contributed by atoms with Crippen LogP contribution < -0.4 is 5.32 Å². The van der Waals surface area contributed by atoms with Crippen LogP contribution in [0.2, 0.25) is 0 Å². The van der Waals surface area contributed by atoms with Gasteiger partial charge in [0.25, 0.3) is 0 Å². The van der Waals surface area contributed by atoms with Gasteiger partial charge < -0.3 is 10.1 Å². The van der Waals surface area contributed by atoms with Crippen LogP contribution in [0.25, 0.3) is 0 Å². The molecule has 0 bridgehead atoms. The molecule has 0 radical (unpaired) electrons. The highest BCUT2D eigenvalue weighted by Gasteiger charge is 2.31. The van der Waals surface area contributed by atoms with Crippen LogP contribution in [0.1, 0.15) is 31.2 Å². The highest BCUT2D eigenvalue weighted by molar-refractivity contribution is 7.07. The van der Waals surface area contributed by atoms with Crippen molar-refractivity contribution in [2.75, 3.05) is 6.61 Å². The Kier molecular flexibility index (Phi) is 5.24. The van der Waals surface area contributed by atoms with Crippen LogP contribution in [-0.2, 0) is 11.3 Å². The first-order chi connectivity index (χ1) is 9.03. The molecule has 1 saturated carbocycles. The van der Waals surface area contributed by atoms with E-state index in [9.17, 15) is 13.2 Å². The van der Waals surface area contributed by atoms with Crippen molar-refractivity contribution in [3.63, 3.8) is 0 Å². The third-order valence-electron chi connectivity index (χ3n) is 3.28. The molecule has 2 unspecified atom stereocenters. The Hall–Kier alpha value is -0.590. The lowest BCUT2D eigenvalue weighted by molar-refractivity contribution is -0.188. The summed E-state index contributed by atoms with van der Waals surface area (Å²) in [7, 11) is 0. The maximum Gasteiger partial charge on any atom is 0.411 e. The van der Waals surface area contributed by atoms with E-state index in [0.717, 1.165) is 25.8 Å². The smallest absolute Gasteiger partial charge is 0.369 e. The summed E-state index contributed by atoms with van der Waals surface area (Å²) in [6.07, 6.45) is -1.17. The Bertz CT molecular complexity index is 366. The van der Waals surface area contributed by atoms with Crippen molar-refractivity contribution in [3.8, 4) is 0 Å². The van der Waals surface area contributed by atoms with Crippen LogP contribution in [0.15, 0.2) is 16.8 Å². The lowest BCUT2D eigenvalue weighted by Crippen LogP contribution is -2.37. The van der Waals surface area contributed by atoms with Crippen molar-refractivity contribution < 1.29 is 17.9 Å². The van der Waals surface area contributed by atoms with Crippen LogP contribution in [0.4, 0.5) is 13.2 Å². The number of hydrogen-bond donors (Lipinski definition) is 1. The molecule has 0 aromatic carbocycles. The van der Waals surface area contributed by atoms with Crippen LogP contribution in [-0.4, -0.2) is 24.9 Å². The van der Waals surface area contributed by atoms with Gasteiger partial charge in [0.05, 0.1) is 6.10 Å². The fourth-order valence-corrected chi connectivity index (χ4v) is 3.02. The average molecular weight is 293 g/mol. The van der Waals surface area contributed by atoms with E-state index < -0.39 is 12.8 Å². The van der Waals surface area contributed by atoms with Crippen molar-refractivity contribution in [3.05, 3.63) is 22.4 Å². The molecule has 2 rings (SSSR count). The largest absolute Gasteiger partial charge is 0.411 e. The fraction of sp³-hybridized carbons (Fsp3) is 0.692. The van der Waals surface area contributed by atoms with Gasteiger partial charge in [-0.1, -0.05) is 0 Å². The molecule has 19 heavy (non-hydrogen) atoms. The summed E-state index contributed by atoms with van der Waals surface area (Å²) < 4.78 is 41.3. The molecule has 0 spiro atoms. The summed E-state index contributed by atoms with van der Waals surface area (Å²) in [4.78, 5) is 0. The van der Waals surface area contributed by atoms with Gasteiger partial charge in [-0.3, -0.25) is 0 Å². The summed E-state index contributed by atoms with van der Waals surface area (Å²) in [5, 5.41) is 7.49. The van der Waals surface area contributed by atoms with Crippen molar-refractivity contribution in [1.29, 1.82) is 0 Å². The van der Waals surface area contributed by atoms with Gasteiger partial charge in [0.15, 0.2) is 0 Å². The number of rotatable bonds is 5. The zero-order chi connectivity index (χ0) is 13.7. The summed E-state index contributed by atoms with van der Waals surface area (Å²) in [6, 6.07) is 2.31. The number of thiophene rings is 1. The van der Waals surface area contributed by atoms with Gasteiger partial charge in [-0.15, -0.1) is 0 Å². The van der Waals surface area contributed by atoms with Gasteiger partial charge in [-0.05, 0) is 48.1 Å². The second-order valence-corrected chi connectivity index (χ2v) is 5.70. The SMILES string of the molecule is FC(F)(F)COC1CCCC(NCc2ccsc2)C1. The average Bonchev–Trinajstić information content (AvgIpc) is 2.87. The van der Waals surface area contributed by atoms with Gasteiger partial charge in [0, 0.05) is 12.6 Å². The molecule has 1 N–H and O–H groups in total. The molecule has 1 aromatic heterocycles. The third kappa shape index (κ3) is 5.50. The minimum Gasteiger partial charge on any atom is -0.369 e. The van der Waals surface area contributed by atoms with E-state index in [1.165, 1.54) is 5.56 Å². The molecule has 1 aromatic rings. The molecular formula is C13H18F3NOS. The molecule has 2 atom stereocenters. The Morgan fingerprint density at radius 2 is 2.21 bits per heavy atom. The molecular weight excluding hydrogens is 275 g/mol. The fourth-order valence-electron chi connectivity index (χ4n) is 2.35. The minimum absolute atomic E-state index is 0.256. The molecule has 108 valence electrons. The standard InChI is InChI=1S/C13H18F3NOS/c14-13(15,16)9-18-12-3-1-2-11(6-12)17-7-10-4-5-19-8-10/h4-5,8,11-12,17H,1-3,6-7,9H2. The Morgan fingerprint density at radius 1 is 1.37 bits per heavy atom. The first kappa shape index (κ1) is 14.8. The normalized spacial score (nSPS) is 24.6. The lowest BCUT2D eigenvalue weighted by Gasteiger charge is -2.30. The van der Waals surface area contributed by atoms with Gasteiger partial charge >= 0.3 is 6.18 Å². The maximum atomic E-state index is 12.1. The predicted octanol–water partition coefficient (Wildman–Crippen LogP) is 3.73. The number of nitrogens with one attached hydrogen (secondary N) is 1. The van der Waals surface area contributed by atoms with Gasteiger partial charge in [0.2, 0.25) is 0 Å². The van der Waals surface area contributed by atoms with Crippen molar-refractivity contribution in [1.82, 2.24) is 5.32 Å². The zero-order valence-corrected chi connectivity index (χ0v) is 11.4. The Morgan fingerprint density at radius 3 is 2.89 bits per heavy atom. The first-order valence-electron chi connectivity index (χ1n) is 6.46. The van der Waals surface area contributed by atoms with Crippen molar-refractivity contribution in [2.45, 2.75) is 50.6 Å². The van der Waals surface area contributed by atoms with E-state index in [2.05, 4.69) is 16.8 Å². The summed E-state index contributed by atoms with van der Waals surface area (Å²) >= 11 is 1.65. The Balaban J connectivity index is 1.71. The van der Waals surface area contributed by atoms with E-state index in [0.29, 0.717) is 6.42 Å². The lowest BCUT2D eigenvalue weighted by atomic mass is 9.92. The van der Waals surface area contributed by atoms with Crippen molar-refractivity contribution in [2.24, 2.45) is 0 Å². The van der Waals surface area contributed by atoms with E-state index in [-0.39, 0.29) is 12.1 Å². The first-order valence-corrected chi connectivity index (χ1v) is 7.40. The molecule has 0 aliphatic heterocycles. The van der Waals surface area contributed by atoms with Crippen LogP contribution in [0.5, 0.6) is 0 Å². The summed E-state index contributed by atoms with van der Waals surface area (Å²) in [5.41, 5.74) is 1.23. The second kappa shape index (κ2) is 6.72. The van der Waals surface area contributed by atoms with E-state index in [1.54, 1.807) is 11.3 Å². The second-order valence-electron chi connectivity index (χ2n) is 4.92. The Labute approximate surface area is 115 Å². The minimum atomic E-state index is -4.23. The highest BCUT2D eigenvalue weighted by atomic mass is 32.1. The summed E-state index contributed by atoms with van der Waals surface area (Å²) in [5.74, 6) is 0. The topological polar surface area (TPSA) is 21.3 Å². The van der Waals surface area contributed by atoms with Crippen molar-refractivity contribution >= 4 is 11.3 Å². The van der Waals surface area contributed by atoms with Gasteiger partial charge in [-0.2, -0.15) is 24.5 Å². The molecule has 2 nitrogen and oxygen atoms in total. The summed E-state index contributed by atoms with van der Waals surface area (Å²) in [6.45, 7) is -0.352. The van der Waals surface area contributed by atoms with Crippen LogP contribution in [0, 0.1) is 0 Å². The molecule has 1 aliphatic carbocycles. The number of ether oxygens (including phenoxy) is 1. The molecule has 1 fully saturated rings.